The van der Waals surface area contributed by atoms with Gasteiger partial charge in [-0.2, -0.15) is 0 Å². The lowest BCUT2D eigenvalue weighted by atomic mass is 10.1. The number of hydrogen-bond acceptors (Lipinski definition) is 3. The van der Waals surface area contributed by atoms with Crippen molar-refractivity contribution in [2.45, 2.75) is 39.8 Å². The van der Waals surface area contributed by atoms with Crippen LogP contribution in [0, 0.1) is 6.92 Å². The number of nitrogens with zero attached hydrogens (tertiary/aromatic N) is 1. The smallest absolute Gasteiger partial charge is 0.268 e. The van der Waals surface area contributed by atoms with Crippen LogP contribution in [0.2, 0.25) is 0 Å². The van der Waals surface area contributed by atoms with Crippen LogP contribution in [0.15, 0.2) is 42.5 Å². The number of aromatic nitrogens is 1. The van der Waals surface area contributed by atoms with Crippen LogP contribution in [0.5, 0.6) is 11.5 Å². The SMILES string of the molecule is CCCCn1c(C(=O)NCc2ccc3c(c2)OCO3)c(C)c2ccccc21. The molecule has 0 saturated heterocycles. The van der Waals surface area contributed by atoms with Crippen molar-refractivity contribution in [2.75, 3.05) is 6.79 Å². The first-order valence-corrected chi connectivity index (χ1v) is 9.43. The summed E-state index contributed by atoms with van der Waals surface area (Å²) in [6.45, 7) is 5.74. The minimum absolute atomic E-state index is 0.0440. The molecule has 0 saturated carbocycles. The number of rotatable bonds is 6. The van der Waals surface area contributed by atoms with Crippen molar-refractivity contribution >= 4 is 16.8 Å². The molecular weight excluding hydrogens is 340 g/mol. The van der Waals surface area contributed by atoms with E-state index in [4.69, 9.17) is 9.47 Å². The third-order valence-corrected chi connectivity index (χ3v) is 5.06. The summed E-state index contributed by atoms with van der Waals surface area (Å²) in [6, 6.07) is 14.0. The van der Waals surface area contributed by atoms with Crippen molar-refractivity contribution in [3.63, 3.8) is 0 Å². The van der Waals surface area contributed by atoms with Gasteiger partial charge in [-0.15, -0.1) is 0 Å². The first-order valence-electron chi connectivity index (χ1n) is 9.43. The number of fused-ring (bicyclic) bond motifs is 2. The van der Waals surface area contributed by atoms with E-state index in [1.807, 2.05) is 37.3 Å². The van der Waals surface area contributed by atoms with E-state index >= 15 is 0 Å². The highest BCUT2D eigenvalue weighted by atomic mass is 16.7. The van der Waals surface area contributed by atoms with Gasteiger partial charge in [-0.25, -0.2) is 0 Å². The first kappa shape index (κ1) is 17.5. The van der Waals surface area contributed by atoms with Crippen LogP contribution in [0.1, 0.15) is 41.4 Å². The summed E-state index contributed by atoms with van der Waals surface area (Å²) in [5, 5.41) is 4.21. The van der Waals surface area contributed by atoms with Gasteiger partial charge < -0.3 is 19.4 Å². The van der Waals surface area contributed by atoms with Crippen LogP contribution < -0.4 is 14.8 Å². The van der Waals surface area contributed by atoms with Gasteiger partial charge in [0.15, 0.2) is 11.5 Å². The third-order valence-electron chi connectivity index (χ3n) is 5.06. The number of unbranched alkanes of at least 4 members (excludes halogenated alkanes) is 1. The van der Waals surface area contributed by atoms with E-state index in [2.05, 4.69) is 28.9 Å². The first-order chi connectivity index (χ1) is 13.2. The zero-order chi connectivity index (χ0) is 18.8. The molecule has 1 aromatic heterocycles. The van der Waals surface area contributed by atoms with Crippen molar-refractivity contribution in [1.82, 2.24) is 9.88 Å². The Bertz CT molecular complexity index is 991. The van der Waals surface area contributed by atoms with Gasteiger partial charge in [-0.05, 0) is 42.7 Å². The maximum Gasteiger partial charge on any atom is 0.268 e. The minimum Gasteiger partial charge on any atom is -0.454 e. The fourth-order valence-corrected chi connectivity index (χ4v) is 3.63. The average molecular weight is 364 g/mol. The van der Waals surface area contributed by atoms with Gasteiger partial charge in [0.2, 0.25) is 6.79 Å². The van der Waals surface area contributed by atoms with Crippen LogP contribution in [0.4, 0.5) is 0 Å². The fraction of sp³-hybridized carbons (Fsp3) is 0.318. The summed E-state index contributed by atoms with van der Waals surface area (Å²) in [6.07, 6.45) is 2.13. The molecule has 5 heteroatoms. The molecule has 1 amide bonds. The van der Waals surface area contributed by atoms with Crippen molar-refractivity contribution in [2.24, 2.45) is 0 Å². The lowest BCUT2D eigenvalue weighted by molar-refractivity contribution is 0.0941. The van der Waals surface area contributed by atoms with E-state index < -0.39 is 0 Å². The Morgan fingerprint density at radius 1 is 1.15 bits per heavy atom. The molecule has 0 radical (unpaired) electrons. The van der Waals surface area contributed by atoms with E-state index in [1.54, 1.807) is 0 Å². The normalized spacial score (nSPS) is 12.5. The second-order valence-electron chi connectivity index (χ2n) is 6.87. The van der Waals surface area contributed by atoms with Gasteiger partial charge in [0.25, 0.3) is 5.91 Å². The zero-order valence-corrected chi connectivity index (χ0v) is 15.7. The second-order valence-corrected chi connectivity index (χ2v) is 6.87. The van der Waals surface area contributed by atoms with Gasteiger partial charge >= 0.3 is 0 Å². The highest BCUT2D eigenvalue weighted by molar-refractivity contribution is 6.01. The van der Waals surface area contributed by atoms with E-state index in [-0.39, 0.29) is 12.7 Å². The Labute approximate surface area is 158 Å². The predicted molar refractivity (Wildman–Crippen MR) is 105 cm³/mol. The van der Waals surface area contributed by atoms with Gasteiger partial charge in [0, 0.05) is 24.0 Å². The monoisotopic (exact) mass is 364 g/mol. The number of carbonyl (C=O) groups is 1. The number of carbonyl (C=O) groups excluding carboxylic acids is 1. The molecule has 1 aliphatic heterocycles. The van der Waals surface area contributed by atoms with Crippen LogP contribution in [0.25, 0.3) is 10.9 Å². The summed E-state index contributed by atoms with van der Waals surface area (Å²) in [5.74, 6) is 1.44. The fourth-order valence-electron chi connectivity index (χ4n) is 3.63. The molecule has 4 rings (SSSR count). The average Bonchev–Trinajstić information content (AvgIpc) is 3.27. The summed E-state index contributed by atoms with van der Waals surface area (Å²) >= 11 is 0. The molecule has 2 aromatic carbocycles. The van der Waals surface area contributed by atoms with Gasteiger partial charge in [-0.3, -0.25) is 4.79 Å². The number of ether oxygens (including phenoxy) is 2. The lowest BCUT2D eigenvalue weighted by Crippen LogP contribution is -2.26. The van der Waals surface area contributed by atoms with Crippen molar-refractivity contribution < 1.29 is 14.3 Å². The van der Waals surface area contributed by atoms with Crippen LogP contribution in [-0.2, 0) is 13.1 Å². The highest BCUT2D eigenvalue weighted by Gasteiger charge is 2.20. The maximum absolute atomic E-state index is 13.0. The molecular formula is C22H24N2O3. The number of benzene rings is 2. The zero-order valence-electron chi connectivity index (χ0n) is 15.7. The summed E-state index contributed by atoms with van der Waals surface area (Å²) < 4.78 is 12.9. The minimum atomic E-state index is -0.0440. The Kier molecular flexibility index (Phi) is 4.75. The molecule has 1 N–H and O–H groups in total. The quantitative estimate of drug-likeness (QED) is 0.705. The Hall–Kier alpha value is -2.95. The topological polar surface area (TPSA) is 52.5 Å². The number of aryl methyl sites for hydroxylation is 2. The molecule has 0 spiro atoms. The summed E-state index contributed by atoms with van der Waals surface area (Å²) in [7, 11) is 0. The summed E-state index contributed by atoms with van der Waals surface area (Å²) in [5.41, 5.74) is 3.90. The van der Waals surface area contributed by atoms with Crippen molar-refractivity contribution in [1.29, 1.82) is 0 Å². The van der Waals surface area contributed by atoms with Crippen LogP contribution in [0.3, 0.4) is 0 Å². The van der Waals surface area contributed by atoms with Gasteiger partial charge in [0.1, 0.15) is 5.69 Å². The molecule has 2 heterocycles. The van der Waals surface area contributed by atoms with E-state index in [0.717, 1.165) is 58.6 Å². The van der Waals surface area contributed by atoms with Crippen molar-refractivity contribution in [3.8, 4) is 11.5 Å². The van der Waals surface area contributed by atoms with Crippen LogP contribution in [-0.4, -0.2) is 17.3 Å². The van der Waals surface area contributed by atoms with E-state index in [1.165, 1.54) is 0 Å². The lowest BCUT2D eigenvalue weighted by Gasteiger charge is -2.12. The Morgan fingerprint density at radius 2 is 1.96 bits per heavy atom. The molecule has 1 aliphatic rings. The largest absolute Gasteiger partial charge is 0.454 e. The number of para-hydroxylation sites is 1. The molecule has 0 bridgehead atoms. The maximum atomic E-state index is 13.0. The summed E-state index contributed by atoms with van der Waals surface area (Å²) in [4.78, 5) is 13.0. The highest BCUT2D eigenvalue weighted by Crippen LogP contribution is 2.32. The number of nitrogens with one attached hydrogen (secondary N) is 1. The molecule has 140 valence electrons. The Morgan fingerprint density at radius 3 is 2.81 bits per heavy atom. The number of hydrogen-bond donors (Lipinski definition) is 1. The van der Waals surface area contributed by atoms with Gasteiger partial charge in [-0.1, -0.05) is 37.6 Å². The molecule has 27 heavy (non-hydrogen) atoms. The molecule has 0 atom stereocenters. The molecule has 0 unspecified atom stereocenters. The second kappa shape index (κ2) is 7.35. The number of amides is 1. The molecule has 5 nitrogen and oxygen atoms in total. The molecule has 3 aromatic rings. The van der Waals surface area contributed by atoms with E-state index in [0.29, 0.717) is 6.54 Å². The van der Waals surface area contributed by atoms with Gasteiger partial charge in [0.05, 0.1) is 0 Å². The Balaban J connectivity index is 1.59. The molecule has 0 aliphatic carbocycles. The molecule has 0 fully saturated rings. The third kappa shape index (κ3) is 3.25. The van der Waals surface area contributed by atoms with Crippen LogP contribution >= 0.6 is 0 Å². The van der Waals surface area contributed by atoms with E-state index in [9.17, 15) is 4.79 Å². The predicted octanol–water partition coefficient (Wildman–Crippen LogP) is 4.41. The van der Waals surface area contributed by atoms with Crippen molar-refractivity contribution in [3.05, 3.63) is 59.3 Å². The standard InChI is InChI=1S/C22H24N2O3/c1-3-4-11-24-18-8-6-5-7-17(18)15(2)21(24)22(25)23-13-16-9-10-19-20(12-16)27-14-26-19/h5-10,12H,3-4,11,13-14H2,1-2H3,(H,23,25).